The normalized spacial score (nSPS) is 22.4. The molecular formula is C11H24N4O. The molecule has 16 heavy (non-hydrogen) atoms. The van der Waals surface area contributed by atoms with Crippen LogP contribution in [-0.4, -0.2) is 68.6 Å². The van der Waals surface area contributed by atoms with Crippen LogP contribution >= 0.6 is 0 Å². The molecule has 1 rings (SSSR count). The lowest BCUT2D eigenvalue weighted by atomic mass is 10.1. The number of rotatable bonds is 5. The van der Waals surface area contributed by atoms with Crippen LogP contribution in [0.25, 0.3) is 0 Å². The van der Waals surface area contributed by atoms with Crippen LogP contribution in [0.3, 0.4) is 0 Å². The van der Waals surface area contributed by atoms with Gasteiger partial charge in [0.1, 0.15) is 0 Å². The molecule has 0 spiro atoms. The molecule has 3 N–H and O–H groups in total. The zero-order valence-electron chi connectivity index (χ0n) is 10.4. The van der Waals surface area contributed by atoms with Gasteiger partial charge in [0.15, 0.2) is 0 Å². The molecule has 1 aliphatic rings. The van der Waals surface area contributed by atoms with Gasteiger partial charge in [0, 0.05) is 25.7 Å². The largest absolute Gasteiger partial charge is 0.354 e. The van der Waals surface area contributed by atoms with E-state index in [1.807, 2.05) is 7.05 Å². The molecule has 1 saturated heterocycles. The van der Waals surface area contributed by atoms with E-state index in [0.717, 1.165) is 6.54 Å². The lowest BCUT2D eigenvalue weighted by Crippen LogP contribution is -2.48. The van der Waals surface area contributed by atoms with Crippen molar-refractivity contribution in [2.75, 3.05) is 46.8 Å². The highest BCUT2D eigenvalue weighted by molar-refractivity contribution is 5.77. The summed E-state index contributed by atoms with van der Waals surface area (Å²) in [5.41, 5.74) is 5.33. The van der Waals surface area contributed by atoms with Gasteiger partial charge in [-0.15, -0.1) is 0 Å². The van der Waals surface area contributed by atoms with Gasteiger partial charge in [0.05, 0.1) is 6.54 Å². The first-order valence-corrected chi connectivity index (χ1v) is 5.99. The van der Waals surface area contributed by atoms with Gasteiger partial charge in [-0.2, -0.15) is 0 Å². The summed E-state index contributed by atoms with van der Waals surface area (Å²) in [6.45, 7) is 3.77. The minimum atomic E-state index is 0.0705. The first kappa shape index (κ1) is 13.4. The van der Waals surface area contributed by atoms with Gasteiger partial charge in [-0.25, -0.2) is 0 Å². The summed E-state index contributed by atoms with van der Waals surface area (Å²) in [5, 5.41) is 2.79. The van der Waals surface area contributed by atoms with E-state index in [1.54, 1.807) is 0 Å². The first-order valence-electron chi connectivity index (χ1n) is 5.99. The fourth-order valence-corrected chi connectivity index (χ4v) is 2.12. The quantitative estimate of drug-likeness (QED) is 0.639. The number of nitrogens with two attached hydrogens (primary N) is 1. The molecule has 0 saturated carbocycles. The van der Waals surface area contributed by atoms with Gasteiger partial charge in [-0.05, 0) is 33.5 Å². The maximum atomic E-state index is 11.5. The van der Waals surface area contributed by atoms with E-state index in [-0.39, 0.29) is 5.91 Å². The highest BCUT2D eigenvalue weighted by Gasteiger charge is 2.22. The molecule has 5 nitrogen and oxygen atoms in total. The van der Waals surface area contributed by atoms with Crippen LogP contribution in [-0.2, 0) is 4.79 Å². The van der Waals surface area contributed by atoms with Gasteiger partial charge >= 0.3 is 0 Å². The molecule has 1 amide bonds. The van der Waals surface area contributed by atoms with Crippen molar-refractivity contribution in [3.8, 4) is 0 Å². The number of hydrogen-bond donors (Lipinski definition) is 2. The third-order valence-electron chi connectivity index (χ3n) is 3.08. The van der Waals surface area contributed by atoms with E-state index < -0.39 is 0 Å². The van der Waals surface area contributed by atoms with Crippen LogP contribution < -0.4 is 11.1 Å². The fraction of sp³-hybridized carbons (Fsp3) is 0.909. The third-order valence-corrected chi connectivity index (χ3v) is 3.08. The number of piperidine rings is 1. The fourth-order valence-electron chi connectivity index (χ4n) is 2.12. The molecule has 5 heteroatoms. The lowest BCUT2D eigenvalue weighted by molar-refractivity contribution is -0.122. The first-order chi connectivity index (χ1) is 7.63. The summed E-state index contributed by atoms with van der Waals surface area (Å²) in [6, 6.07) is 0.502. The molecule has 0 aliphatic carbocycles. The standard InChI is InChI=1S/C11H24N4O/c1-14-7-3-4-10(8-14)15(2)9-11(16)13-6-5-12/h10H,3-9,12H2,1-2H3,(H,13,16). The Bertz CT molecular complexity index is 222. The topological polar surface area (TPSA) is 61.6 Å². The molecule has 0 aromatic heterocycles. The van der Waals surface area contributed by atoms with Crippen molar-refractivity contribution in [1.29, 1.82) is 0 Å². The second-order valence-corrected chi connectivity index (χ2v) is 4.61. The second-order valence-electron chi connectivity index (χ2n) is 4.61. The zero-order chi connectivity index (χ0) is 12.0. The van der Waals surface area contributed by atoms with Crippen molar-refractivity contribution < 1.29 is 4.79 Å². The monoisotopic (exact) mass is 228 g/mol. The Labute approximate surface area is 98.0 Å². The Balaban J connectivity index is 2.27. The smallest absolute Gasteiger partial charge is 0.234 e. The van der Waals surface area contributed by atoms with E-state index in [2.05, 4.69) is 22.2 Å². The molecule has 94 valence electrons. The van der Waals surface area contributed by atoms with Crippen molar-refractivity contribution in [3.63, 3.8) is 0 Å². The molecular weight excluding hydrogens is 204 g/mol. The van der Waals surface area contributed by atoms with Crippen LogP contribution in [0.2, 0.25) is 0 Å². The Morgan fingerprint density at radius 1 is 1.62 bits per heavy atom. The van der Waals surface area contributed by atoms with Crippen molar-refractivity contribution in [2.24, 2.45) is 5.73 Å². The number of nitrogens with zero attached hydrogens (tertiary/aromatic N) is 2. The summed E-state index contributed by atoms with van der Waals surface area (Å²) in [6.07, 6.45) is 2.40. The number of carbonyl (C=O) groups is 1. The van der Waals surface area contributed by atoms with E-state index in [9.17, 15) is 4.79 Å². The van der Waals surface area contributed by atoms with Crippen LogP contribution in [0.1, 0.15) is 12.8 Å². The van der Waals surface area contributed by atoms with Gasteiger partial charge in [-0.1, -0.05) is 0 Å². The summed E-state index contributed by atoms with van der Waals surface area (Å²) in [5.74, 6) is 0.0705. The van der Waals surface area contributed by atoms with Gasteiger partial charge in [0.25, 0.3) is 0 Å². The minimum absolute atomic E-state index is 0.0705. The average molecular weight is 228 g/mol. The molecule has 1 heterocycles. The van der Waals surface area contributed by atoms with E-state index in [4.69, 9.17) is 5.73 Å². The highest BCUT2D eigenvalue weighted by atomic mass is 16.2. The maximum Gasteiger partial charge on any atom is 0.234 e. The minimum Gasteiger partial charge on any atom is -0.354 e. The molecule has 0 radical (unpaired) electrons. The Hall–Kier alpha value is -0.650. The SMILES string of the molecule is CN1CCCC(N(C)CC(=O)NCCN)C1. The van der Waals surface area contributed by atoms with E-state index in [0.29, 0.717) is 25.7 Å². The molecule has 0 bridgehead atoms. The third kappa shape index (κ3) is 4.47. The van der Waals surface area contributed by atoms with E-state index in [1.165, 1.54) is 19.4 Å². The molecule has 0 aromatic rings. The number of likely N-dealkylation sites (N-methyl/N-ethyl adjacent to an activating group) is 2. The van der Waals surface area contributed by atoms with Crippen LogP contribution in [0.15, 0.2) is 0 Å². The number of likely N-dealkylation sites (tertiary alicyclic amines) is 1. The average Bonchev–Trinajstić information content (AvgIpc) is 2.26. The summed E-state index contributed by atoms with van der Waals surface area (Å²) in [7, 11) is 4.15. The van der Waals surface area contributed by atoms with Crippen molar-refractivity contribution >= 4 is 5.91 Å². The van der Waals surface area contributed by atoms with Crippen LogP contribution in [0.5, 0.6) is 0 Å². The predicted octanol–water partition coefficient (Wildman–Crippen LogP) is -0.913. The van der Waals surface area contributed by atoms with Gasteiger partial charge in [-0.3, -0.25) is 9.69 Å². The van der Waals surface area contributed by atoms with Gasteiger partial charge in [0.2, 0.25) is 5.91 Å². The highest BCUT2D eigenvalue weighted by Crippen LogP contribution is 2.12. The van der Waals surface area contributed by atoms with Crippen LogP contribution in [0.4, 0.5) is 0 Å². The van der Waals surface area contributed by atoms with Gasteiger partial charge < -0.3 is 16.0 Å². The maximum absolute atomic E-state index is 11.5. The zero-order valence-corrected chi connectivity index (χ0v) is 10.4. The number of amides is 1. The Morgan fingerprint density at radius 2 is 2.38 bits per heavy atom. The molecule has 1 fully saturated rings. The van der Waals surface area contributed by atoms with E-state index >= 15 is 0 Å². The Morgan fingerprint density at radius 3 is 3.00 bits per heavy atom. The molecule has 0 aromatic carbocycles. The Kier molecular flexibility index (Phi) is 5.73. The van der Waals surface area contributed by atoms with Crippen molar-refractivity contribution in [3.05, 3.63) is 0 Å². The number of hydrogen-bond acceptors (Lipinski definition) is 4. The number of carbonyl (C=O) groups excluding carboxylic acids is 1. The summed E-state index contributed by atoms with van der Waals surface area (Å²) in [4.78, 5) is 16.0. The van der Waals surface area contributed by atoms with Crippen molar-refractivity contribution in [2.45, 2.75) is 18.9 Å². The van der Waals surface area contributed by atoms with Crippen molar-refractivity contribution in [1.82, 2.24) is 15.1 Å². The molecule has 1 unspecified atom stereocenters. The molecule has 1 aliphatic heterocycles. The second kappa shape index (κ2) is 6.83. The number of nitrogens with one attached hydrogen (secondary N) is 1. The summed E-state index contributed by atoms with van der Waals surface area (Å²) >= 11 is 0. The predicted molar refractivity (Wildman–Crippen MR) is 65.2 cm³/mol. The lowest BCUT2D eigenvalue weighted by Gasteiger charge is -2.35. The summed E-state index contributed by atoms with van der Waals surface area (Å²) < 4.78 is 0. The van der Waals surface area contributed by atoms with Crippen LogP contribution in [0, 0.1) is 0 Å². The molecule has 1 atom stereocenters.